The summed E-state index contributed by atoms with van der Waals surface area (Å²) in [7, 11) is 0. The summed E-state index contributed by atoms with van der Waals surface area (Å²) in [5.41, 5.74) is 8.37. The van der Waals surface area contributed by atoms with Crippen molar-refractivity contribution in [2.75, 3.05) is 0 Å². The average molecular weight is 229 g/mol. The summed E-state index contributed by atoms with van der Waals surface area (Å²) in [5, 5.41) is 13.2. The van der Waals surface area contributed by atoms with Crippen LogP contribution in [0.5, 0.6) is 0 Å². The molecule has 7 heteroatoms. The fraction of sp³-hybridized carbons (Fsp3) is 1.00. The zero-order chi connectivity index (χ0) is 11.9. The molecular weight excluding hydrogens is 214 g/mol. The Morgan fingerprint density at radius 3 is 2.62 bits per heavy atom. The zero-order valence-corrected chi connectivity index (χ0v) is 9.40. The minimum absolute atomic E-state index is 0.398. The van der Waals surface area contributed by atoms with Crippen LogP contribution in [0.1, 0.15) is 20.8 Å². The van der Waals surface area contributed by atoms with E-state index in [2.05, 4.69) is 10.0 Å². The van der Waals surface area contributed by atoms with Crippen molar-refractivity contribution >= 4 is 0 Å². The highest BCUT2D eigenvalue weighted by molar-refractivity contribution is 4.98. The summed E-state index contributed by atoms with van der Waals surface area (Å²) >= 11 is 0. The van der Waals surface area contributed by atoms with Gasteiger partial charge in [-0.3, -0.25) is 0 Å². The van der Waals surface area contributed by atoms with E-state index in [-0.39, 0.29) is 0 Å². The zero-order valence-electron chi connectivity index (χ0n) is 9.40. The molecular formula is C9H15N3O4. The number of rotatable bonds is 2. The lowest BCUT2D eigenvalue weighted by Gasteiger charge is -2.24. The van der Waals surface area contributed by atoms with Crippen molar-refractivity contribution in [3.05, 3.63) is 10.4 Å². The van der Waals surface area contributed by atoms with Crippen LogP contribution in [0.4, 0.5) is 0 Å². The molecule has 2 fully saturated rings. The molecule has 0 bridgehead atoms. The third kappa shape index (κ3) is 1.88. The van der Waals surface area contributed by atoms with Gasteiger partial charge in [0.15, 0.2) is 12.1 Å². The van der Waals surface area contributed by atoms with Gasteiger partial charge in [0.2, 0.25) is 0 Å². The van der Waals surface area contributed by atoms with Crippen LogP contribution >= 0.6 is 0 Å². The molecule has 90 valence electrons. The van der Waals surface area contributed by atoms with Crippen LogP contribution in [0.15, 0.2) is 5.11 Å². The van der Waals surface area contributed by atoms with Crippen LogP contribution in [-0.4, -0.2) is 41.5 Å². The molecule has 2 aliphatic heterocycles. The number of hydrogen-bond acceptors (Lipinski definition) is 5. The lowest BCUT2D eigenvalue weighted by atomic mass is 10.1. The molecule has 2 aliphatic rings. The predicted octanol–water partition coefficient (Wildman–Crippen LogP) is 0.922. The van der Waals surface area contributed by atoms with Crippen molar-refractivity contribution in [3.8, 4) is 0 Å². The third-order valence-corrected chi connectivity index (χ3v) is 2.77. The van der Waals surface area contributed by atoms with E-state index >= 15 is 0 Å². The molecule has 0 aromatic heterocycles. The van der Waals surface area contributed by atoms with Gasteiger partial charge < -0.3 is 19.3 Å². The number of fused-ring (bicyclic) bond motifs is 1. The minimum atomic E-state index is -1.03. The molecule has 0 saturated carbocycles. The first-order chi connectivity index (χ1) is 7.44. The molecule has 7 nitrogen and oxygen atoms in total. The van der Waals surface area contributed by atoms with Gasteiger partial charge in [0.25, 0.3) is 0 Å². The van der Waals surface area contributed by atoms with Crippen LogP contribution in [0, 0.1) is 0 Å². The van der Waals surface area contributed by atoms with E-state index in [1.807, 2.05) is 0 Å². The second kappa shape index (κ2) is 3.87. The maximum Gasteiger partial charge on any atom is 0.184 e. The first-order valence-electron chi connectivity index (χ1n) is 5.18. The number of aliphatic hydroxyl groups is 1. The smallest absolute Gasteiger partial charge is 0.184 e. The van der Waals surface area contributed by atoms with Gasteiger partial charge in [-0.1, -0.05) is 12.0 Å². The highest BCUT2D eigenvalue weighted by atomic mass is 16.8. The van der Waals surface area contributed by atoms with Gasteiger partial charge >= 0.3 is 0 Å². The topological polar surface area (TPSA) is 96.7 Å². The van der Waals surface area contributed by atoms with E-state index in [0.717, 1.165) is 0 Å². The van der Waals surface area contributed by atoms with Crippen molar-refractivity contribution in [3.63, 3.8) is 0 Å². The van der Waals surface area contributed by atoms with Crippen molar-refractivity contribution < 1.29 is 19.3 Å². The van der Waals surface area contributed by atoms with E-state index < -0.39 is 36.4 Å². The van der Waals surface area contributed by atoms with Gasteiger partial charge in [0, 0.05) is 4.91 Å². The summed E-state index contributed by atoms with van der Waals surface area (Å²) in [5.74, 6) is -0.742. The summed E-state index contributed by atoms with van der Waals surface area (Å²) in [6.07, 6.45) is -2.42. The Kier molecular flexibility index (Phi) is 2.81. The standard InChI is InChI=1S/C9H15N3O4/c1-4(11-12-10)5-6-7(8(13)14-5)16-9(2,3)15-6/h4-8,13H,1-3H3/t4-,5+,6-,7-,8-/m0/s1. The predicted molar refractivity (Wildman–Crippen MR) is 53.3 cm³/mol. The highest BCUT2D eigenvalue weighted by Crippen LogP contribution is 2.39. The molecule has 0 unspecified atom stereocenters. The lowest BCUT2D eigenvalue weighted by Crippen LogP contribution is -2.36. The van der Waals surface area contributed by atoms with Crippen molar-refractivity contribution in [2.45, 2.75) is 57.2 Å². The molecule has 2 saturated heterocycles. The largest absolute Gasteiger partial charge is 0.366 e. The van der Waals surface area contributed by atoms with Gasteiger partial charge in [-0.05, 0) is 19.4 Å². The SMILES string of the molecule is C[C@H](N=[N+]=[N-])[C@H]1O[C@H](O)[C@H]2OC(C)(C)O[C@@H]12. The first kappa shape index (κ1) is 11.6. The molecule has 0 amide bonds. The molecule has 2 rings (SSSR count). The second-order valence-corrected chi connectivity index (χ2v) is 4.50. The molecule has 5 atom stereocenters. The van der Waals surface area contributed by atoms with Gasteiger partial charge in [-0.2, -0.15) is 0 Å². The maximum absolute atomic E-state index is 9.66. The fourth-order valence-corrected chi connectivity index (χ4v) is 2.14. The highest BCUT2D eigenvalue weighted by Gasteiger charge is 2.55. The normalized spacial score (nSPS) is 42.5. The Bertz CT molecular complexity index is 329. The van der Waals surface area contributed by atoms with Crippen molar-refractivity contribution in [2.24, 2.45) is 5.11 Å². The summed E-state index contributed by atoms with van der Waals surface area (Å²) in [6.45, 7) is 5.26. The quantitative estimate of drug-likeness (QED) is 0.432. The Hall–Kier alpha value is -0.850. The van der Waals surface area contributed by atoms with E-state index in [4.69, 9.17) is 19.7 Å². The second-order valence-electron chi connectivity index (χ2n) is 4.50. The van der Waals surface area contributed by atoms with Gasteiger partial charge in [-0.25, -0.2) is 0 Å². The number of azide groups is 1. The number of ether oxygens (including phenoxy) is 3. The molecule has 1 N–H and O–H groups in total. The molecule has 0 aromatic rings. The first-order valence-corrected chi connectivity index (χ1v) is 5.18. The van der Waals surface area contributed by atoms with Crippen LogP contribution in [0.2, 0.25) is 0 Å². The Labute approximate surface area is 92.9 Å². The number of nitrogens with zero attached hydrogens (tertiary/aromatic N) is 3. The van der Waals surface area contributed by atoms with Crippen LogP contribution < -0.4 is 0 Å². The molecule has 0 spiro atoms. The van der Waals surface area contributed by atoms with Crippen molar-refractivity contribution in [1.29, 1.82) is 0 Å². The Morgan fingerprint density at radius 2 is 2.00 bits per heavy atom. The maximum atomic E-state index is 9.66. The number of aliphatic hydroxyl groups excluding tert-OH is 1. The summed E-state index contributed by atoms with van der Waals surface area (Å²) < 4.78 is 16.4. The third-order valence-electron chi connectivity index (χ3n) is 2.77. The molecule has 0 aliphatic carbocycles. The van der Waals surface area contributed by atoms with Gasteiger partial charge in [-0.15, -0.1) is 0 Å². The van der Waals surface area contributed by atoms with Gasteiger partial charge in [0.1, 0.15) is 12.2 Å². The Morgan fingerprint density at radius 1 is 1.38 bits per heavy atom. The summed E-state index contributed by atoms with van der Waals surface area (Å²) in [4.78, 5) is 2.72. The average Bonchev–Trinajstić information content (AvgIpc) is 2.62. The van der Waals surface area contributed by atoms with E-state index in [0.29, 0.717) is 0 Å². The van der Waals surface area contributed by atoms with Crippen LogP contribution in [0.3, 0.4) is 0 Å². The molecule has 2 heterocycles. The van der Waals surface area contributed by atoms with E-state index in [1.54, 1.807) is 20.8 Å². The fourth-order valence-electron chi connectivity index (χ4n) is 2.14. The van der Waals surface area contributed by atoms with E-state index in [1.165, 1.54) is 0 Å². The molecule has 0 radical (unpaired) electrons. The van der Waals surface area contributed by atoms with Crippen LogP contribution in [0.25, 0.3) is 10.4 Å². The summed E-state index contributed by atoms with van der Waals surface area (Å²) in [6, 6.07) is -0.410. The number of hydrogen-bond donors (Lipinski definition) is 1. The minimum Gasteiger partial charge on any atom is -0.366 e. The van der Waals surface area contributed by atoms with Crippen LogP contribution in [-0.2, 0) is 14.2 Å². The van der Waals surface area contributed by atoms with Crippen molar-refractivity contribution in [1.82, 2.24) is 0 Å². The Balaban J connectivity index is 2.16. The van der Waals surface area contributed by atoms with E-state index in [9.17, 15) is 5.11 Å². The lowest BCUT2D eigenvalue weighted by molar-refractivity contribution is -0.221. The monoisotopic (exact) mass is 229 g/mol. The van der Waals surface area contributed by atoms with Gasteiger partial charge in [0.05, 0.1) is 12.1 Å². The molecule has 0 aromatic carbocycles. The molecule has 16 heavy (non-hydrogen) atoms.